The van der Waals surface area contributed by atoms with Gasteiger partial charge in [-0.25, -0.2) is 0 Å². The first-order chi connectivity index (χ1) is 8.67. The molecular formula is C16H27NO. The zero-order chi connectivity index (χ0) is 13.4. The maximum atomic E-state index is 9.57. The van der Waals surface area contributed by atoms with Crippen molar-refractivity contribution in [1.82, 2.24) is 5.32 Å². The molecule has 0 radical (unpaired) electrons. The predicted molar refractivity (Wildman–Crippen MR) is 77.6 cm³/mol. The summed E-state index contributed by atoms with van der Waals surface area (Å²) in [6, 6.07) is 10.8. The van der Waals surface area contributed by atoms with Crippen LogP contribution in [0.4, 0.5) is 0 Å². The summed E-state index contributed by atoms with van der Waals surface area (Å²) in [4.78, 5) is 0. The average molecular weight is 249 g/mol. The van der Waals surface area contributed by atoms with Crippen LogP contribution in [0.2, 0.25) is 0 Å². The third-order valence-electron chi connectivity index (χ3n) is 3.21. The number of aliphatic hydroxyl groups excluding tert-OH is 1. The highest BCUT2D eigenvalue weighted by Crippen LogP contribution is 2.17. The fourth-order valence-electron chi connectivity index (χ4n) is 2.41. The molecule has 0 aromatic heterocycles. The third kappa shape index (κ3) is 5.19. The van der Waals surface area contributed by atoms with E-state index >= 15 is 0 Å². The molecule has 0 aliphatic rings. The zero-order valence-electron chi connectivity index (χ0n) is 11.9. The van der Waals surface area contributed by atoms with Crippen molar-refractivity contribution in [2.75, 3.05) is 6.61 Å². The second-order valence-electron chi connectivity index (χ2n) is 5.43. The van der Waals surface area contributed by atoms with Gasteiger partial charge >= 0.3 is 0 Å². The van der Waals surface area contributed by atoms with Crippen molar-refractivity contribution in [2.24, 2.45) is 5.92 Å². The highest BCUT2D eigenvalue weighted by atomic mass is 16.3. The van der Waals surface area contributed by atoms with Gasteiger partial charge in [-0.05, 0) is 24.3 Å². The Balaban J connectivity index is 2.64. The van der Waals surface area contributed by atoms with Gasteiger partial charge in [-0.3, -0.25) is 0 Å². The molecule has 0 saturated heterocycles. The van der Waals surface area contributed by atoms with Gasteiger partial charge in [-0.15, -0.1) is 0 Å². The molecule has 0 fully saturated rings. The van der Waals surface area contributed by atoms with Gasteiger partial charge < -0.3 is 10.4 Å². The molecule has 0 bridgehead atoms. The van der Waals surface area contributed by atoms with Crippen molar-refractivity contribution >= 4 is 0 Å². The van der Waals surface area contributed by atoms with E-state index in [1.807, 2.05) is 18.2 Å². The van der Waals surface area contributed by atoms with E-state index in [1.54, 1.807) is 0 Å². The number of hydrogen-bond acceptors (Lipinski definition) is 2. The number of rotatable bonds is 8. The molecule has 1 aromatic rings. The molecule has 0 aliphatic heterocycles. The summed E-state index contributed by atoms with van der Waals surface area (Å²) in [5, 5.41) is 13.2. The Bertz CT molecular complexity index is 310. The molecule has 0 aliphatic carbocycles. The first-order valence-corrected chi connectivity index (χ1v) is 7.09. The normalized spacial score (nSPS) is 14.7. The van der Waals surface area contributed by atoms with Gasteiger partial charge in [0.05, 0.1) is 12.6 Å². The SMILES string of the molecule is CCCC(CC(C)C)N[C@@H](CO)c1ccccc1. The Kier molecular flexibility index (Phi) is 6.99. The molecular weight excluding hydrogens is 222 g/mol. The molecule has 0 spiro atoms. The van der Waals surface area contributed by atoms with Crippen molar-refractivity contribution in [3.63, 3.8) is 0 Å². The molecule has 102 valence electrons. The fourth-order valence-corrected chi connectivity index (χ4v) is 2.41. The standard InChI is InChI=1S/C16H27NO/c1-4-8-15(11-13(2)3)17-16(12-18)14-9-6-5-7-10-14/h5-7,9-10,13,15-18H,4,8,11-12H2,1-3H3/t15?,16-/m0/s1. The lowest BCUT2D eigenvalue weighted by molar-refractivity contribution is 0.223. The molecule has 0 saturated carbocycles. The minimum Gasteiger partial charge on any atom is -0.394 e. The molecule has 1 unspecified atom stereocenters. The lowest BCUT2D eigenvalue weighted by atomic mass is 9.98. The van der Waals surface area contributed by atoms with Crippen LogP contribution in [0.15, 0.2) is 30.3 Å². The summed E-state index contributed by atoms with van der Waals surface area (Å²) >= 11 is 0. The van der Waals surface area contributed by atoms with Crippen molar-refractivity contribution in [1.29, 1.82) is 0 Å². The van der Waals surface area contributed by atoms with Gasteiger partial charge in [0.2, 0.25) is 0 Å². The van der Waals surface area contributed by atoms with Gasteiger partial charge in [0.25, 0.3) is 0 Å². The van der Waals surface area contributed by atoms with Crippen LogP contribution in [0.3, 0.4) is 0 Å². The maximum absolute atomic E-state index is 9.57. The summed E-state index contributed by atoms with van der Waals surface area (Å²) in [5.41, 5.74) is 1.17. The molecule has 2 atom stereocenters. The molecule has 1 aromatic carbocycles. The van der Waals surface area contributed by atoms with Crippen molar-refractivity contribution in [2.45, 2.75) is 52.1 Å². The number of nitrogens with one attached hydrogen (secondary N) is 1. The Morgan fingerprint density at radius 1 is 1.17 bits per heavy atom. The van der Waals surface area contributed by atoms with E-state index in [2.05, 4.69) is 38.2 Å². The van der Waals surface area contributed by atoms with E-state index in [-0.39, 0.29) is 12.6 Å². The first-order valence-electron chi connectivity index (χ1n) is 7.09. The van der Waals surface area contributed by atoms with E-state index < -0.39 is 0 Å². The number of benzene rings is 1. The monoisotopic (exact) mass is 249 g/mol. The van der Waals surface area contributed by atoms with Gasteiger partial charge in [0.15, 0.2) is 0 Å². The summed E-state index contributed by atoms with van der Waals surface area (Å²) < 4.78 is 0. The molecule has 2 nitrogen and oxygen atoms in total. The smallest absolute Gasteiger partial charge is 0.0626 e. The fraction of sp³-hybridized carbons (Fsp3) is 0.625. The van der Waals surface area contributed by atoms with Crippen LogP contribution in [0.5, 0.6) is 0 Å². The van der Waals surface area contributed by atoms with Gasteiger partial charge in [0, 0.05) is 6.04 Å². The summed E-state index contributed by atoms with van der Waals surface area (Å²) in [5.74, 6) is 0.684. The van der Waals surface area contributed by atoms with E-state index in [0.29, 0.717) is 12.0 Å². The highest BCUT2D eigenvalue weighted by molar-refractivity contribution is 5.19. The molecule has 0 heterocycles. The lowest BCUT2D eigenvalue weighted by Gasteiger charge is -2.26. The second kappa shape index (κ2) is 8.28. The Morgan fingerprint density at radius 2 is 1.83 bits per heavy atom. The largest absolute Gasteiger partial charge is 0.394 e. The third-order valence-corrected chi connectivity index (χ3v) is 3.21. The molecule has 2 heteroatoms. The van der Waals surface area contributed by atoms with Crippen LogP contribution in [0.1, 0.15) is 51.6 Å². The van der Waals surface area contributed by atoms with Crippen LogP contribution < -0.4 is 5.32 Å². The van der Waals surface area contributed by atoms with Crippen LogP contribution in [-0.2, 0) is 0 Å². The quantitative estimate of drug-likeness (QED) is 0.739. The number of hydrogen-bond donors (Lipinski definition) is 2. The molecule has 18 heavy (non-hydrogen) atoms. The topological polar surface area (TPSA) is 32.3 Å². The van der Waals surface area contributed by atoms with Crippen molar-refractivity contribution in [3.05, 3.63) is 35.9 Å². The van der Waals surface area contributed by atoms with Crippen LogP contribution in [0.25, 0.3) is 0 Å². The van der Waals surface area contributed by atoms with Gasteiger partial charge in [-0.2, -0.15) is 0 Å². The van der Waals surface area contributed by atoms with E-state index in [0.717, 1.165) is 6.42 Å². The summed E-state index contributed by atoms with van der Waals surface area (Å²) in [7, 11) is 0. The summed E-state index contributed by atoms with van der Waals surface area (Å²) in [6.07, 6.45) is 3.51. The van der Waals surface area contributed by atoms with Crippen molar-refractivity contribution in [3.8, 4) is 0 Å². The van der Waals surface area contributed by atoms with Crippen LogP contribution >= 0.6 is 0 Å². The minimum atomic E-state index is 0.0569. The highest BCUT2D eigenvalue weighted by Gasteiger charge is 2.16. The zero-order valence-corrected chi connectivity index (χ0v) is 11.9. The Labute approximate surface area is 111 Å². The molecule has 1 rings (SSSR count). The number of aliphatic hydroxyl groups is 1. The lowest BCUT2D eigenvalue weighted by Crippen LogP contribution is -2.35. The van der Waals surface area contributed by atoms with E-state index in [9.17, 15) is 5.11 Å². The van der Waals surface area contributed by atoms with E-state index in [1.165, 1.54) is 18.4 Å². The van der Waals surface area contributed by atoms with Gasteiger partial charge in [-0.1, -0.05) is 57.5 Å². The molecule has 2 N–H and O–H groups in total. The summed E-state index contributed by atoms with van der Waals surface area (Å²) in [6.45, 7) is 6.87. The Morgan fingerprint density at radius 3 is 2.33 bits per heavy atom. The van der Waals surface area contributed by atoms with Gasteiger partial charge in [0.1, 0.15) is 0 Å². The average Bonchev–Trinajstić information content (AvgIpc) is 2.36. The Hall–Kier alpha value is -0.860. The minimum absolute atomic E-state index is 0.0569. The van der Waals surface area contributed by atoms with Crippen LogP contribution in [-0.4, -0.2) is 17.8 Å². The maximum Gasteiger partial charge on any atom is 0.0626 e. The predicted octanol–water partition coefficient (Wildman–Crippen LogP) is 3.52. The van der Waals surface area contributed by atoms with E-state index in [4.69, 9.17) is 0 Å². The van der Waals surface area contributed by atoms with Crippen molar-refractivity contribution < 1.29 is 5.11 Å². The first kappa shape index (κ1) is 15.2. The van der Waals surface area contributed by atoms with Crippen LogP contribution in [0, 0.1) is 5.92 Å². The molecule has 0 amide bonds. The second-order valence-corrected chi connectivity index (χ2v) is 5.43.